The maximum Gasteiger partial charge on any atom is 0.371 e. The lowest BCUT2D eigenvalue weighted by Crippen LogP contribution is -2.21. The van der Waals surface area contributed by atoms with Gasteiger partial charge < -0.3 is 19.2 Å². The molecule has 0 aliphatic carbocycles. The number of hydrogen-bond donors (Lipinski definition) is 1. The van der Waals surface area contributed by atoms with Crippen molar-refractivity contribution in [3.8, 4) is 5.95 Å². The van der Waals surface area contributed by atoms with E-state index >= 15 is 0 Å². The number of carboxylic acid groups (broad SMARTS) is 1. The molecule has 2 heterocycles. The van der Waals surface area contributed by atoms with Gasteiger partial charge in [0.25, 0.3) is 5.95 Å². The number of aromatic carboxylic acids is 1. The third kappa shape index (κ3) is 2.30. The molecule has 0 aromatic carbocycles. The quantitative estimate of drug-likeness (QED) is 0.810. The van der Waals surface area contributed by atoms with Crippen LogP contribution in [-0.4, -0.2) is 42.2 Å². The molecule has 1 aliphatic rings. The lowest BCUT2D eigenvalue weighted by Gasteiger charge is -2.10. The Balaban J connectivity index is 1.96. The molecule has 1 atom stereocenters. The third-order valence-electron chi connectivity index (χ3n) is 2.42. The molecule has 82 valence electrons. The van der Waals surface area contributed by atoms with Gasteiger partial charge in [-0.3, -0.25) is 0 Å². The molecule has 0 bridgehead atoms. The van der Waals surface area contributed by atoms with Crippen LogP contribution in [0.3, 0.4) is 0 Å². The summed E-state index contributed by atoms with van der Waals surface area (Å²) in [6.07, 6.45) is 1.04. The van der Waals surface area contributed by atoms with Crippen LogP contribution in [0.1, 0.15) is 17.0 Å². The second-order valence-electron chi connectivity index (χ2n) is 3.71. The highest BCUT2D eigenvalue weighted by atomic mass is 16.6. The molecule has 1 saturated heterocycles. The SMILES string of the molecule is CN1CCC(Oc2ccc(C(=O)O)o2)C1. The molecule has 1 aromatic rings. The summed E-state index contributed by atoms with van der Waals surface area (Å²) < 4.78 is 10.5. The lowest BCUT2D eigenvalue weighted by molar-refractivity contribution is 0.0646. The molecular weight excluding hydrogens is 198 g/mol. The van der Waals surface area contributed by atoms with Gasteiger partial charge in [-0.15, -0.1) is 0 Å². The molecule has 15 heavy (non-hydrogen) atoms. The highest BCUT2D eigenvalue weighted by Gasteiger charge is 2.22. The van der Waals surface area contributed by atoms with Gasteiger partial charge in [-0.2, -0.15) is 0 Å². The van der Waals surface area contributed by atoms with E-state index in [4.69, 9.17) is 14.3 Å². The van der Waals surface area contributed by atoms with E-state index in [9.17, 15) is 4.79 Å². The van der Waals surface area contributed by atoms with E-state index in [1.165, 1.54) is 6.07 Å². The van der Waals surface area contributed by atoms with Gasteiger partial charge in [0, 0.05) is 19.2 Å². The van der Waals surface area contributed by atoms with Crippen molar-refractivity contribution in [3.63, 3.8) is 0 Å². The number of hydrogen-bond acceptors (Lipinski definition) is 4. The van der Waals surface area contributed by atoms with Gasteiger partial charge in [-0.05, 0) is 19.5 Å². The van der Waals surface area contributed by atoms with Crippen LogP contribution in [0.15, 0.2) is 16.5 Å². The van der Waals surface area contributed by atoms with Gasteiger partial charge >= 0.3 is 5.97 Å². The minimum absolute atomic E-state index is 0.0867. The first kappa shape index (κ1) is 10.0. The summed E-state index contributed by atoms with van der Waals surface area (Å²) >= 11 is 0. The van der Waals surface area contributed by atoms with Crippen molar-refractivity contribution < 1.29 is 19.1 Å². The average Bonchev–Trinajstić information content (AvgIpc) is 2.76. The molecule has 1 fully saturated rings. The van der Waals surface area contributed by atoms with Crippen LogP contribution in [0.2, 0.25) is 0 Å². The molecular formula is C10H13NO4. The summed E-state index contributed by atoms with van der Waals surface area (Å²) in [5.41, 5.74) is 0. The van der Waals surface area contributed by atoms with Crippen molar-refractivity contribution in [2.75, 3.05) is 20.1 Å². The van der Waals surface area contributed by atoms with Crippen LogP contribution in [0, 0.1) is 0 Å². The Labute approximate surface area is 87.2 Å². The van der Waals surface area contributed by atoms with E-state index in [0.717, 1.165) is 19.5 Å². The monoisotopic (exact) mass is 211 g/mol. The van der Waals surface area contributed by atoms with Crippen molar-refractivity contribution in [3.05, 3.63) is 17.9 Å². The molecule has 0 amide bonds. The van der Waals surface area contributed by atoms with Crippen LogP contribution >= 0.6 is 0 Å². The summed E-state index contributed by atoms with van der Waals surface area (Å²) in [7, 11) is 2.02. The van der Waals surface area contributed by atoms with Crippen molar-refractivity contribution in [2.24, 2.45) is 0 Å². The molecule has 0 radical (unpaired) electrons. The number of carbonyl (C=O) groups is 1. The number of likely N-dealkylation sites (tertiary alicyclic amines) is 1. The van der Waals surface area contributed by atoms with Gasteiger partial charge in [0.2, 0.25) is 5.76 Å². The van der Waals surface area contributed by atoms with E-state index in [2.05, 4.69) is 4.90 Å². The fraction of sp³-hybridized carbons (Fsp3) is 0.500. The van der Waals surface area contributed by atoms with Crippen LogP contribution in [0.5, 0.6) is 5.95 Å². The summed E-state index contributed by atoms with van der Waals surface area (Å²) in [6.45, 7) is 1.85. The Hall–Kier alpha value is -1.49. The first-order chi connectivity index (χ1) is 7.15. The topological polar surface area (TPSA) is 62.9 Å². The first-order valence-corrected chi connectivity index (χ1v) is 4.83. The third-order valence-corrected chi connectivity index (χ3v) is 2.42. The highest BCUT2D eigenvalue weighted by molar-refractivity contribution is 5.84. The van der Waals surface area contributed by atoms with Gasteiger partial charge in [0.15, 0.2) is 0 Å². The van der Waals surface area contributed by atoms with Crippen molar-refractivity contribution in [2.45, 2.75) is 12.5 Å². The Bertz CT molecular complexity index is 360. The minimum Gasteiger partial charge on any atom is -0.475 e. The van der Waals surface area contributed by atoms with Gasteiger partial charge in [-0.25, -0.2) is 4.79 Å². The van der Waals surface area contributed by atoms with E-state index in [0.29, 0.717) is 0 Å². The molecule has 1 aromatic heterocycles. The Morgan fingerprint density at radius 2 is 2.47 bits per heavy atom. The number of carboxylic acids is 1. The molecule has 1 unspecified atom stereocenters. The predicted octanol–water partition coefficient (Wildman–Crippen LogP) is 1.06. The van der Waals surface area contributed by atoms with Crippen molar-refractivity contribution in [1.82, 2.24) is 4.90 Å². The summed E-state index contributed by atoms with van der Waals surface area (Å²) in [6, 6.07) is 2.94. The number of rotatable bonds is 3. The number of ether oxygens (including phenoxy) is 1. The standard InChI is InChI=1S/C10H13NO4/c1-11-5-4-7(6-11)14-9-3-2-8(15-9)10(12)13/h2-3,7H,4-6H2,1H3,(H,12,13). The Morgan fingerprint density at radius 3 is 3.00 bits per heavy atom. The molecule has 5 nitrogen and oxygen atoms in total. The van der Waals surface area contributed by atoms with Gasteiger partial charge in [0.05, 0.1) is 0 Å². The fourth-order valence-electron chi connectivity index (χ4n) is 1.65. The second-order valence-corrected chi connectivity index (χ2v) is 3.71. The van der Waals surface area contributed by atoms with Crippen LogP contribution in [-0.2, 0) is 0 Å². The number of likely N-dealkylation sites (N-methyl/N-ethyl adjacent to an activating group) is 1. The number of furan rings is 1. The predicted molar refractivity (Wildman–Crippen MR) is 52.2 cm³/mol. The molecule has 0 saturated carbocycles. The fourth-order valence-corrected chi connectivity index (χ4v) is 1.65. The zero-order valence-electron chi connectivity index (χ0n) is 8.47. The van der Waals surface area contributed by atoms with E-state index < -0.39 is 5.97 Å². The van der Waals surface area contributed by atoms with Crippen LogP contribution < -0.4 is 4.74 Å². The summed E-state index contributed by atoms with van der Waals surface area (Å²) in [4.78, 5) is 12.7. The normalized spacial score (nSPS) is 21.8. The largest absolute Gasteiger partial charge is 0.475 e. The molecule has 2 rings (SSSR count). The summed E-state index contributed by atoms with van der Waals surface area (Å²) in [5.74, 6) is -0.877. The number of nitrogens with zero attached hydrogens (tertiary/aromatic N) is 1. The second kappa shape index (κ2) is 3.94. The zero-order chi connectivity index (χ0) is 10.8. The smallest absolute Gasteiger partial charge is 0.371 e. The van der Waals surface area contributed by atoms with E-state index in [1.54, 1.807) is 6.07 Å². The molecule has 1 N–H and O–H groups in total. The Morgan fingerprint density at radius 1 is 1.67 bits per heavy atom. The maximum absolute atomic E-state index is 10.5. The molecule has 1 aliphatic heterocycles. The van der Waals surface area contributed by atoms with Crippen molar-refractivity contribution in [1.29, 1.82) is 0 Å². The highest BCUT2D eigenvalue weighted by Crippen LogP contribution is 2.20. The van der Waals surface area contributed by atoms with Gasteiger partial charge in [-0.1, -0.05) is 0 Å². The van der Waals surface area contributed by atoms with Gasteiger partial charge in [0.1, 0.15) is 6.10 Å². The lowest BCUT2D eigenvalue weighted by atomic mass is 10.3. The average molecular weight is 211 g/mol. The summed E-state index contributed by atoms with van der Waals surface area (Å²) in [5, 5.41) is 8.64. The van der Waals surface area contributed by atoms with Crippen molar-refractivity contribution >= 4 is 5.97 Å². The molecule has 5 heteroatoms. The first-order valence-electron chi connectivity index (χ1n) is 4.83. The minimum atomic E-state index is -1.08. The van der Waals surface area contributed by atoms with E-state index in [-0.39, 0.29) is 17.8 Å². The zero-order valence-corrected chi connectivity index (χ0v) is 8.47. The van der Waals surface area contributed by atoms with Crippen LogP contribution in [0.4, 0.5) is 0 Å². The Kier molecular flexibility index (Phi) is 2.64. The van der Waals surface area contributed by atoms with E-state index in [1.807, 2.05) is 7.05 Å². The van der Waals surface area contributed by atoms with Crippen LogP contribution in [0.25, 0.3) is 0 Å². The maximum atomic E-state index is 10.5. The molecule has 0 spiro atoms.